The van der Waals surface area contributed by atoms with Gasteiger partial charge in [0.2, 0.25) is 6.41 Å². The number of hydrogen-bond acceptors (Lipinski definition) is 5. The zero-order valence-electron chi connectivity index (χ0n) is 19.1. The highest BCUT2D eigenvalue weighted by Gasteiger charge is 2.11. The number of hydrogen-bond donors (Lipinski definition) is 3. The molecule has 0 radical (unpaired) electrons. The van der Waals surface area contributed by atoms with Crippen molar-refractivity contribution >= 4 is 23.7 Å². The normalized spacial score (nSPS) is 12.3. The molecule has 0 unspecified atom stereocenters. The van der Waals surface area contributed by atoms with Gasteiger partial charge in [0.15, 0.2) is 0 Å². The Morgan fingerprint density at radius 3 is 2.61 bits per heavy atom. The molecule has 0 bridgehead atoms. The molecule has 0 saturated heterocycles. The molecule has 7 nitrogen and oxygen atoms in total. The van der Waals surface area contributed by atoms with Crippen LogP contribution in [0.4, 0.5) is 15.8 Å². The summed E-state index contributed by atoms with van der Waals surface area (Å²) in [4.78, 5) is 29.3. The highest BCUT2D eigenvalue weighted by molar-refractivity contribution is 6.05. The Morgan fingerprint density at radius 1 is 1.24 bits per heavy atom. The summed E-state index contributed by atoms with van der Waals surface area (Å²) >= 11 is 0. The average molecular weight is 452 g/mol. The fraction of sp³-hybridized carbons (Fsp3) is 0.240. The minimum Gasteiger partial charge on any atom is -0.397 e. The van der Waals surface area contributed by atoms with Gasteiger partial charge >= 0.3 is 0 Å². The second kappa shape index (κ2) is 12.8. The quantitative estimate of drug-likeness (QED) is 0.344. The summed E-state index contributed by atoms with van der Waals surface area (Å²) in [5, 5.41) is 5.39. The Kier molecular flexibility index (Phi) is 9.82. The van der Waals surface area contributed by atoms with E-state index in [4.69, 9.17) is 5.73 Å². The Labute approximate surface area is 193 Å². The van der Waals surface area contributed by atoms with Crippen LogP contribution in [0.1, 0.15) is 42.6 Å². The van der Waals surface area contributed by atoms with Crippen LogP contribution in [0.5, 0.6) is 0 Å². The first-order chi connectivity index (χ1) is 15.8. The summed E-state index contributed by atoms with van der Waals surface area (Å²) in [6.07, 6.45) is 9.37. The van der Waals surface area contributed by atoms with Crippen LogP contribution in [-0.4, -0.2) is 29.2 Å². The van der Waals surface area contributed by atoms with Gasteiger partial charge in [-0.1, -0.05) is 25.1 Å². The number of halogens is 1. The van der Waals surface area contributed by atoms with Gasteiger partial charge in [-0.15, -0.1) is 0 Å². The molecule has 33 heavy (non-hydrogen) atoms. The van der Waals surface area contributed by atoms with Gasteiger partial charge in [-0.25, -0.2) is 4.39 Å². The van der Waals surface area contributed by atoms with E-state index in [9.17, 15) is 14.0 Å². The third-order valence-electron chi connectivity index (χ3n) is 4.91. The number of allylic oxidation sites excluding steroid dienone is 5. The molecule has 0 aliphatic rings. The van der Waals surface area contributed by atoms with Gasteiger partial charge in [0, 0.05) is 43.2 Å². The van der Waals surface area contributed by atoms with Gasteiger partial charge in [0.05, 0.1) is 17.6 Å². The Bertz CT molecular complexity index is 1050. The number of pyridine rings is 1. The summed E-state index contributed by atoms with van der Waals surface area (Å²) in [6, 6.07) is 8.75. The topological polar surface area (TPSA) is 100 Å². The summed E-state index contributed by atoms with van der Waals surface area (Å²) < 4.78 is 14.0. The van der Waals surface area contributed by atoms with Crippen molar-refractivity contribution < 1.29 is 14.0 Å². The summed E-state index contributed by atoms with van der Waals surface area (Å²) in [6.45, 7) is 4.21. The number of nitrogens with two attached hydrogens (primary N) is 1. The van der Waals surface area contributed by atoms with Crippen molar-refractivity contribution in [3.05, 3.63) is 89.3 Å². The second-order valence-corrected chi connectivity index (χ2v) is 7.41. The van der Waals surface area contributed by atoms with E-state index in [1.807, 2.05) is 31.0 Å². The number of nitrogen functional groups attached to an aromatic ring is 1. The highest BCUT2D eigenvalue weighted by atomic mass is 19.1. The zero-order chi connectivity index (χ0) is 24.2. The Hall–Kier alpha value is -3.94. The fourth-order valence-corrected chi connectivity index (χ4v) is 3.09. The van der Waals surface area contributed by atoms with Crippen LogP contribution in [0.15, 0.2) is 78.2 Å². The van der Waals surface area contributed by atoms with Crippen molar-refractivity contribution in [1.29, 1.82) is 0 Å². The molecule has 1 heterocycles. The van der Waals surface area contributed by atoms with E-state index in [0.29, 0.717) is 42.0 Å². The fourth-order valence-electron chi connectivity index (χ4n) is 3.09. The van der Waals surface area contributed by atoms with Crippen molar-refractivity contribution in [2.24, 2.45) is 0 Å². The molecule has 4 N–H and O–H groups in total. The van der Waals surface area contributed by atoms with Crippen LogP contribution in [0.3, 0.4) is 0 Å². The smallest absolute Gasteiger partial charge is 0.255 e. The van der Waals surface area contributed by atoms with E-state index in [0.717, 1.165) is 17.7 Å². The number of nitrogens with one attached hydrogen (secondary N) is 2. The highest BCUT2D eigenvalue weighted by Crippen LogP contribution is 2.19. The molecule has 1 aromatic carbocycles. The molecule has 0 aliphatic carbocycles. The van der Waals surface area contributed by atoms with Crippen molar-refractivity contribution in [2.45, 2.75) is 33.2 Å². The van der Waals surface area contributed by atoms with E-state index in [2.05, 4.69) is 15.6 Å². The molecule has 2 aromatic rings. The van der Waals surface area contributed by atoms with Crippen molar-refractivity contribution in [3.8, 4) is 0 Å². The molecule has 1 aromatic heterocycles. The zero-order valence-corrected chi connectivity index (χ0v) is 19.1. The van der Waals surface area contributed by atoms with Crippen LogP contribution < -0.4 is 16.4 Å². The monoisotopic (exact) mass is 451 g/mol. The predicted molar refractivity (Wildman–Crippen MR) is 130 cm³/mol. The molecule has 0 fully saturated rings. The second-order valence-electron chi connectivity index (χ2n) is 7.41. The number of aromatic nitrogens is 1. The molecular weight excluding hydrogens is 421 g/mol. The molecule has 2 rings (SSSR count). The molecule has 2 amide bonds. The van der Waals surface area contributed by atoms with E-state index >= 15 is 0 Å². The maximum atomic E-state index is 14.0. The molecule has 8 heteroatoms. The Balaban J connectivity index is 2.11. The number of carbonyl (C=O) groups excluding carboxylic acids is 2. The lowest BCUT2D eigenvalue weighted by molar-refractivity contribution is -0.108. The maximum absolute atomic E-state index is 14.0. The first kappa shape index (κ1) is 25.3. The lowest BCUT2D eigenvalue weighted by atomic mass is 10.1. The summed E-state index contributed by atoms with van der Waals surface area (Å²) in [5.74, 6) is -0.617. The van der Waals surface area contributed by atoms with Crippen LogP contribution in [0.2, 0.25) is 0 Å². The largest absolute Gasteiger partial charge is 0.397 e. The average Bonchev–Trinajstić information content (AvgIpc) is 2.80. The van der Waals surface area contributed by atoms with Crippen molar-refractivity contribution in [2.75, 3.05) is 18.1 Å². The Morgan fingerprint density at radius 2 is 1.97 bits per heavy atom. The third kappa shape index (κ3) is 7.92. The number of benzene rings is 1. The van der Waals surface area contributed by atoms with Gasteiger partial charge in [-0.3, -0.25) is 14.6 Å². The van der Waals surface area contributed by atoms with Crippen LogP contribution >= 0.6 is 0 Å². The molecule has 0 aliphatic heterocycles. The van der Waals surface area contributed by atoms with E-state index in [1.165, 1.54) is 18.3 Å². The maximum Gasteiger partial charge on any atom is 0.255 e. The number of rotatable bonds is 11. The van der Waals surface area contributed by atoms with Gasteiger partial charge in [0.1, 0.15) is 5.83 Å². The minimum atomic E-state index is -0.328. The molecule has 0 spiro atoms. The SMILES string of the molecule is CC/C=C\C(F)=CC/C(=C(\C)NC=O)N(C)Cc1ccc(C(=O)Nc2cnccc2N)cc1. The van der Waals surface area contributed by atoms with Gasteiger partial charge in [0.25, 0.3) is 5.91 Å². The van der Waals surface area contributed by atoms with Crippen molar-refractivity contribution in [1.82, 2.24) is 15.2 Å². The minimum absolute atomic E-state index is 0.290. The molecule has 0 saturated carbocycles. The van der Waals surface area contributed by atoms with Gasteiger partial charge < -0.3 is 21.3 Å². The predicted octanol–water partition coefficient (Wildman–Crippen LogP) is 4.54. The number of anilines is 2. The number of amides is 2. The van der Waals surface area contributed by atoms with Gasteiger partial charge in [-0.2, -0.15) is 0 Å². The summed E-state index contributed by atoms with van der Waals surface area (Å²) in [7, 11) is 1.87. The molecule has 0 atom stereocenters. The van der Waals surface area contributed by atoms with Gasteiger partial charge in [-0.05, 0) is 49.3 Å². The molecular formula is C25H30FN5O2. The van der Waals surface area contributed by atoms with E-state index in [-0.39, 0.29) is 11.7 Å². The number of carbonyl (C=O) groups is 2. The number of nitrogens with zero attached hydrogens (tertiary/aromatic N) is 2. The van der Waals surface area contributed by atoms with E-state index < -0.39 is 0 Å². The lowest BCUT2D eigenvalue weighted by Gasteiger charge is -2.24. The lowest BCUT2D eigenvalue weighted by Crippen LogP contribution is -2.23. The van der Waals surface area contributed by atoms with Crippen molar-refractivity contribution in [3.63, 3.8) is 0 Å². The summed E-state index contributed by atoms with van der Waals surface area (Å²) in [5.41, 5.74) is 9.57. The molecule has 174 valence electrons. The standard InChI is InChI=1S/C25H30FN5O2/c1-4-5-6-21(26)11-12-24(18(2)29-17-32)31(3)16-19-7-9-20(10-8-19)25(33)30-23-15-28-14-13-22(23)27/h5-11,13-15,17H,4,12,16H2,1-3H3,(H2,27,28)(H,29,32)(H,30,33)/b6-5-,21-11?,24-18-. The van der Waals surface area contributed by atoms with Crippen LogP contribution in [-0.2, 0) is 11.3 Å². The van der Waals surface area contributed by atoms with E-state index in [1.54, 1.807) is 37.4 Å². The third-order valence-corrected chi connectivity index (χ3v) is 4.91. The first-order valence-electron chi connectivity index (χ1n) is 10.6. The van der Waals surface area contributed by atoms with Crippen LogP contribution in [0.25, 0.3) is 0 Å². The first-order valence-corrected chi connectivity index (χ1v) is 10.6. The van der Waals surface area contributed by atoms with Crippen LogP contribution in [0, 0.1) is 0 Å².